The van der Waals surface area contributed by atoms with Gasteiger partial charge in [-0.2, -0.15) is 0 Å². The van der Waals surface area contributed by atoms with Crippen molar-refractivity contribution in [3.8, 4) is 5.75 Å². The number of para-hydroxylation sites is 2. The molecular weight excluding hydrogens is 328 g/mol. The van der Waals surface area contributed by atoms with E-state index in [-0.39, 0.29) is 5.91 Å². The molecule has 0 aliphatic rings. The Bertz CT molecular complexity index is 816. The van der Waals surface area contributed by atoms with Crippen LogP contribution in [0.1, 0.15) is 24.3 Å². The fourth-order valence-corrected chi connectivity index (χ4v) is 2.78. The summed E-state index contributed by atoms with van der Waals surface area (Å²) in [5.74, 6) is 1.39. The lowest BCUT2D eigenvalue weighted by atomic mass is 10.1. The van der Waals surface area contributed by atoms with E-state index in [0.717, 1.165) is 11.3 Å². The van der Waals surface area contributed by atoms with E-state index in [4.69, 9.17) is 9.15 Å². The first kappa shape index (κ1) is 17.8. The van der Waals surface area contributed by atoms with E-state index in [1.165, 1.54) is 0 Å². The summed E-state index contributed by atoms with van der Waals surface area (Å²) in [5, 5.41) is 4.96. The summed E-state index contributed by atoms with van der Waals surface area (Å²) in [6.45, 7) is 3.04. The quantitative estimate of drug-likeness (QED) is 0.655. The molecule has 5 nitrogen and oxygen atoms in total. The Balaban J connectivity index is 1.78. The minimum atomic E-state index is -0.393. The van der Waals surface area contributed by atoms with E-state index >= 15 is 0 Å². The Morgan fingerprint density at radius 3 is 2.58 bits per heavy atom. The Kier molecular flexibility index (Phi) is 6.06. The summed E-state index contributed by atoms with van der Waals surface area (Å²) < 4.78 is 11.0. The molecule has 3 N–H and O–H groups in total. The highest BCUT2D eigenvalue weighted by molar-refractivity contribution is 5.95. The summed E-state index contributed by atoms with van der Waals surface area (Å²) in [4.78, 5) is 13.0. The number of carbonyl (C=O) groups is 1. The third-order valence-corrected chi connectivity index (χ3v) is 4.02. The zero-order chi connectivity index (χ0) is 18.2. The largest absolute Gasteiger partial charge is 0.492 e. The van der Waals surface area contributed by atoms with Crippen molar-refractivity contribution in [3.05, 3.63) is 84.3 Å². The molecule has 5 heteroatoms. The summed E-state index contributed by atoms with van der Waals surface area (Å²) >= 11 is 0. The van der Waals surface area contributed by atoms with E-state index in [1.54, 1.807) is 6.26 Å². The van der Waals surface area contributed by atoms with Crippen molar-refractivity contribution in [3.63, 3.8) is 0 Å². The molecule has 0 saturated heterocycles. The zero-order valence-electron chi connectivity index (χ0n) is 14.7. The van der Waals surface area contributed by atoms with E-state index in [0.29, 0.717) is 24.6 Å². The van der Waals surface area contributed by atoms with E-state index in [9.17, 15) is 4.79 Å². The first-order valence-corrected chi connectivity index (χ1v) is 8.71. The maximum atomic E-state index is 13.0. The Morgan fingerprint density at radius 1 is 1.08 bits per heavy atom. The average Bonchev–Trinajstić information content (AvgIpc) is 3.18. The van der Waals surface area contributed by atoms with Gasteiger partial charge in [-0.25, -0.2) is 0 Å². The Hall–Kier alpha value is -3.05. The number of quaternary nitrogens is 1. The molecule has 0 saturated carbocycles. The molecule has 0 aliphatic heterocycles. The summed E-state index contributed by atoms with van der Waals surface area (Å²) in [7, 11) is 0. The van der Waals surface area contributed by atoms with Crippen LogP contribution in [0.3, 0.4) is 0 Å². The molecule has 0 bridgehead atoms. The van der Waals surface area contributed by atoms with E-state index in [2.05, 4.69) is 5.32 Å². The van der Waals surface area contributed by atoms with Gasteiger partial charge in [-0.1, -0.05) is 42.5 Å². The molecule has 0 unspecified atom stereocenters. The fourth-order valence-electron chi connectivity index (χ4n) is 2.78. The molecule has 3 aromatic rings. The normalized spacial score (nSPS) is 11.7. The van der Waals surface area contributed by atoms with Gasteiger partial charge in [-0.05, 0) is 31.2 Å². The molecule has 3 rings (SSSR count). The van der Waals surface area contributed by atoms with Gasteiger partial charge in [0.05, 0.1) is 18.6 Å². The maximum Gasteiger partial charge on any atom is 0.287 e. The lowest BCUT2D eigenvalue weighted by Crippen LogP contribution is -2.85. The number of hydrogen-bond acceptors (Lipinski definition) is 3. The third kappa shape index (κ3) is 4.52. The second kappa shape index (κ2) is 8.87. The number of rotatable bonds is 8. The van der Waals surface area contributed by atoms with Crippen molar-refractivity contribution in [1.29, 1.82) is 0 Å². The lowest BCUT2D eigenvalue weighted by Gasteiger charge is -2.17. The minimum Gasteiger partial charge on any atom is -0.492 e. The summed E-state index contributed by atoms with van der Waals surface area (Å²) in [5.41, 5.74) is 1.61. The van der Waals surface area contributed by atoms with Gasteiger partial charge in [0.2, 0.25) is 0 Å². The molecule has 26 heavy (non-hydrogen) atoms. The average molecular weight is 351 g/mol. The van der Waals surface area contributed by atoms with Crippen molar-refractivity contribution >= 4 is 11.6 Å². The van der Waals surface area contributed by atoms with Crippen LogP contribution in [0.15, 0.2) is 77.4 Å². The number of carbonyl (C=O) groups excluding carboxylic acids is 1. The van der Waals surface area contributed by atoms with Gasteiger partial charge in [0.25, 0.3) is 5.91 Å². The molecule has 0 fully saturated rings. The van der Waals surface area contributed by atoms with E-state index < -0.39 is 6.04 Å². The highest BCUT2D eigenvalue weighted by Crippen LogP contribution is 2.24. The first-order valence-electron chi connectivity index (χ1n) is 8.71. The number of ether oxygens (including phenoxy) is 1. The molecule has 1 atom stereocenters. The molecule has 134 valence electrons. The highest BCUT2D eigenvalue weighted by atomic mass is 16.5. The summed E-state index contributed by atoms with van der Waals surface area (Å²) in [6.07, 6.45) is 1.64. The van der Waals surface area contributed by atoms with Crippen molar-refractivity contribution < 1.29 is 19.3 Å². The monoisotopic (exact) mass is 351 g/mol. The number of nitrogens with two attached hydrogens (primary N) is 1. The highest BCUT2D eigenvalue weighted by Gasteiger charge is 2.25. The van der Waals surface area contributed by atoms with Crippen molar-refractivity contribution in [2.45, 2.75) is 19.5 Å². The van der Waals surface area contributed by atoms with Gasteiger partial charge in [-0.15, -0.1) is 0 Å². The second-order valence-corrected chi connectivity index (χ2v) is 5.83. The predicted octanol–water partition coefficient (Wildman–Crippen LogP) is 3.12. The van der Waals surface area contributed by atoms with Gasteiger partial charge >= 0.3 is 0 Å². The molecule has 1 heterocycles. The molecule has 0 aliphatic carbocycles. The number of furan rings is 1. The van der Waals surface area contributed by atoms with Gasteiger partial charge in [0, 0.05) is 5.56 Å². The van der Waals surface area contributed by atoms with Gasteiger partial charge < -0.3 is 19.8 Å². The standard InChI is InChI=1S/C21H22N2O3/c1-2-25-19-13-7-6-12-18(19)23-21(24)20(16-9-4-3-5-10-16)22-15-17-11-8-14-26-17/h3-14,20,22H,2,15H2,1H3,(H,23,24)/p+1/t20-/m0/s1. The van der Waals surface area contributed by atoms with Gasteiger partial charge in [0.15, 0.2) is 11.8 Å². The van der Waals surface area contributed by atoms with Crippen LogP contribution in [0.5, 0.6) is 5.75 Å². The van der Waals surface area contributed by atoms with Crippen LogP contribution in [0, 0.1) is 0 Å². The number of nitrogens with one attached hydrogen (secondary N) is 1. The van der Waals surface area contributed by atoms with Crippen LogP contribution in [0.25, 0.3) is 0 Å². The maximum absolute atomic E-state index is 13.0. The number of amides is 1. The molecule has 1 aromatic heterocycles. The fraction of sp³-hybridized carbons (Fsp3) is 0.190. The smallest absolute Gasteiger partial charge is 0.287 e. The summed E-state index contributed by atoms with van der Waals surface area (Å²) in [6, 6.07) is 20.5. The van der Waals surface area contributed by atoms with Gasteiger partial charge in [-0.3, -0.25) is 4.79 Å². The topological polar surface area (TPSA) is 68.1 Å². The zero-order valence-corrected chi connectivity index (χ0v) is 14.7. The predicted molar refractivity (Wildman–Crippen MR) is 99.8 cm³/mol. The SMILES string of the molecule is CCOc1ccccc1NC(=O)[C@@H]([NH2+]Cc1ccco1)c1ccccc1. The van der Waals surface area contributed by atoms with E-state index in [1.807, 2.05) is 79.0 Å². The van der Waals surface area contributed by atoms with Crippen LogP contribution in [-0.2, 0) is 11.3 Å². The van der Waals surface area contributed by atoms with Gasteiger partial charge in [0.1, 0.15) is 12.3 Å². The molecule has 0 radical (unpaired) electrons. The van der Waals surface area contributed by atoms with Crippen LogP contribution in [0.4, 0.5) is 5.69 Å². The van der Waals surface area contributed by atoms with Crippen LogP contribution in [0.2, 0.25) is 0 Å². The number of benzene rings is 2. The van der Waals surface area contributed by atoms with Crippen LogP contribution < -0.4 is 15.4 Å². The lowest BCUT2D eigenvalue weighted by molar-refractivity contribution is -0.699. The Morgan fingerprint density at radius 2 is 1.85 bits per heavy atom. The Labute approximate surface area is 153 Å². The third-order valence-electron chi connectivity index (χ3n) is 4.02. The minimum absolute atomic E-state index is 0.102. The van der Waals surface area contributed by atoms with Crippen molar-refractivity contribution in [1.82, 2.24) is 0 Å². The molecule has 1 amide bonds. The second-order valence-electron chi connectivity index (χ2n) is 5.83. The number of hydrogen-bond donors (Lipinski definition) is 2. The first-order chi connectivity index (χ1) is 12.8. The van der Waals surface area contributed by atoms with Crippen molar-refractivity contribution in [2.24, 2.45) is 0 Å². The van der Waals surface area contributed by atoms with Crippen LogP contribution in [-0.4, -0.2) is 12.5 Å². The molecular formula is C21H23N2O3+. The molecule has 2 aromatic carbocycles. The molecule has 0 spiro atoms. The number of anilines is 1. The van der Waals surface area contributed by atoms with Crippen molar-refractivity contribution in [2.75, 3.05) is 11.9 Å². The van der Waals surface area contributed by atoms with Crippen LogP contribution >= 0.6 is 0 Å².